The smallest absolute Gasteiger partial charge is 0.255 e. The molecule has 0 spiro atoms. The number of carbonyl (C=O) groups excluding carboxylic acids is 1. The Bertz CT molecular complexity index is 929. The van der Waals surface area contributed by atoms with Gasteiger partial charge >= 0.3 is 0 Å². The van der Waals surface area contributed by atoms with E-state index in [1.165, 1.54) is 0 Å². The monoisotopic (exact) mass is 382 g/mol. The molecule has 2 aromatic carbocycles. The molecule has 1 N–H and O–H groups in total. The van der Waals surface area contributed by atoms with E-state index in [0.29, 0.717) is 37.7 Å². The molecule has 6 heteroatoms. The molecule has 3 aromatic rings. The number of nitrogens with one attached hydrogen (secondary N) is 1. The van der Waals surface area contributed by atoms with Crippen LogP contribution in [0.3, 0.4) is 0 Å². The topological polar surface area (TPSA) is 73.6 Å². The molecule has 1 heterocycles. The first-order valence-electron chi connectivity index (χ1n) is 9.53. The summed E-state index contributed by atoms with van der Waals surface area (Å²) < 4.78 is 16.5. The molecule has 28 heavy (non-hydrogen) atoms. The third kappa shape index (κ3) is 4.70. The second-order valence-electron chi connectivity index (χ2n) is 6.59. The van der Waals surface area contributed by atoms with E-state index in [4.69, 9.17) is 14.0 Å². The predicted octanol–water partition coefficient (Wildman–Crippen LogP) is 4.18. The van der Waals surface area contributed by atoms with Crippen LogP contribution in [0.4, 0.5) is 0 Å². The van der Waals surface area contributed by atoms with Gasteiger partial charge in [0.05, 0.1) is 16.8 Å². The molecule has 0 fully saturated rings. The second-order valence-corrected chi connectivity index (χ2v) is 6.59. The molecule has 0 bridgehead atoms. The zero-order valence-corrected chi connectivity index (χ0v) is 16.6. The van der Waals surface area contributed by atoms with Crippen molar-refractivity contribution < 1.29 is 18.8 Å². The van der Waals surface area contributed by atoms with Crippen LogP contribution in [-0.4, -0.2) is 30.8 Å². The number of benzene rings is 2. The van der Waals surface area contributed by atoms with Crippen LogP contribution in [0, 0.1) is 13.8 Å². The number of rotatable bonds is 9. The van der Waals surface area contributed by atoms with E-state index in [1.807, 2.05) is 57.2 Å². The average Bonchev–Trinajstić information content (AvgIpc) is 3.03. The molecule has 0 aliphatic carbocycles. The second kappa shape index (κ2) is 9.37. The van der Waals surface area contributed by atoms with Crippen molar-refractivity contribution >= 4 is 16.7 Å². The Labute approximate surface area is 164 Å². The van der Waals surface area contributed by atoms with Gasteiger partial charge in [-0.3, -0.25) is 4.79 Å². The van der Waals surface area contributed by atoms with Crippen molar-refractivity contribution in [3.63, 3.8) is 0 Å². The highest BCUT2D eigenvalue weighted by Gasteiger charge is 2.16. The summed E-state index contributed by atoms with van der Waals surface area (Å²) in [5.74, 6) is 1.11. The molecule has 0 aliphatic rings. The van der Waals surface area contributed by atoms with Gasteiger partial charge in [-0.25, -0.2) is 0 Å². The van der Waals surface area contributed by atoms with Gasteiger partial charge in [0.25, 0.3) is 5.91 Å². The summed E-state index contributed by atoms with van der Waals surface area (Å²) in [7, 11) is 0. The minimum atomic E-state index is -0.156. The molecule has 0 atom stereocenters. The predicted molar refractivity (Wildman–Crippen MR) is 108 cm³/mol. The Kier molecular flexibility index (Phi) is 6.66. The Morgan fingerprint density at radius 2 is 1.93 bits per heavy atom. The summed E-state index contributed by atoms with van der Waals surface area (Å²) in [5.41, 5.74) is 2.21. The quantitative estimate of drug-likeness (QED) is 0.562. The van der Waals surface area contributed by atoms with Crippen molar-refractivity contribution in [2.24, 2.45) is 0 Å². The molecule has 0 saturated carbocycles. The van der Waals surface area contributed by atoms with Crippen LogP contribution in [0.2, 0.25) is 0 Å². The van der Waals surface area contributed by atoms with Gasteiger partial charge in [0, 0.05) is 19.8 Å². The zero-order chi connectivity index (χ0) is 19.9. The highest BCUT2D eigenvalue weighted by atomic mass is 16.5. The van der Waals surface area contributed by atoms with E-state index in [9.17, 15) is 4.79 Å². The normalized spacial score (nSPS) is 11.0. The zero-order valence-electron chi connectivity index (χ0n) is 16.6. The largest absolute Gasteiger partial charge is 0.488 e. The molecular formula is C22H26N2O4. The van der Waals surface area contributed by atoms with Crippen LogP contribution < -0.4 is 10.1 Å². The fourth-order valence-electron chi connectivity index (χ4n) is 2.99. The minimum absolute atomic E-state index is 0.156. The molecule has 3 rings (SSSR count). The number of nitrogens with zero attached hydrogens (tertiary/aromatic N) is 1. The van der Waals surface area contributed by atoms with Crippen molar-refractivity contribution in [1.29, 1.82) is 0 Å². The molecule has 1 amide bonds. The number of aryl methyl sites for hydroxylation is 2. The minimum Gasteiger partial charge on any atom is -0.488 e. The molecule has 0 radical (unpaired) electrons. The maximum atomic E-state index is 12.8. The van der Waals surface area contributed by atoms with Crippen molar-refractivity contribution in [3.05, 3.63) is 59.0 Å². The van der Waals surface area contributed by atoms with Gasteiger partial charge in [-0.2, -0.15) is 0 Å². The standard InChI is InChI=1S/C22H26N2O4/c1-4-26-11-7-10-23-22(25)19-12-17-8-5-6-9-18(17)13-21(19)27-14-20-15(2)24-28-16(20)3/h5-6,8-9,12-13H,4,7,10-11,14H2,1-3H3,(H,23,25). The van der Waals surface area contributed by atoms with E-state index >= 15 is 0 Å². The number of ether oxygens (including phenoxy) is 2. The van der Waals surface area contributed by atoms with Gasteiger partial charge in [-0.15, -0.1) is 0 Å². The number of amides is 1. The van der Waals surface area contributed by atoms with Crippen LogP contribution in [0.5, 0.6) is 5.75 Å². The summed E-state index contributed by atoms with van der Waals surface area (Å²) in [6, 6.07) is 11.7. The first kappa shape index (κ1) is 19.9. The third-order valence-corrected chi connectivity index (χ3v) is 4.60. The van der Waals surface area contributed by atoms with Gasteiger partial charge in [-0.05, 0) is 50.1 Å². The highest BCUT2D eigenvalue weighted by Crippen LogP contribution is 2.27. The number of fused-ring (bicyclic) bond motifs is 1. The average molecular weight is 382 g/mol. The summed E-state index contributed by atoms with van der Waals surface area (Å²) >= 11 is 0. The van der Waals surface area contributed by atoms with E-state index in [-0.39, 0.29) is 5.91 Å². The maximum Gasteiger partial charge on any atom is 0.255 e. The van der Waals surface area contributed by atoms with Gasteiger partial charge < -0.3 is 19.3 Å². The summed E-state index contributed by atoms with van der Waals surface area (Å²) in [4.78, 5) is 12.8. The lowest BCUT2D eigenvalue weighted by atomic mass is 10.1. The van der Waals surface area contributed by atoms with Gasteiger partial charge in [0.15, 0.2) is 0 Å². The molecule has 0 unspecified atom stereocenters. The Morgan fingerprint density at radius 1 is 1.18 bits per heavy atom. The van der Waals surface area contributed by atoms with Crippen LogP contribution in [0.15, 0.2) is 40.9 Å². The summed E-state index contributed by atoms with van der Waals surface area (Å²) in [5, 5.41) is 8.91. The van der Waals surface area contributed by atoms with E-state index in [0.717, 1.165) is 34.2 Å². The molecule has 0 aliphatic heterocycles. The molecule has 148 valence electrons. The maximum absolute atomic E-state index is 12.8. The van der Waals surface area contributed by atoms with E-state index in [1.54, 1.807) is 0 Å². The fourth-order valence-corrected chi connectivity index (χ4v) is 2.99. The highest BCUT2D eigenvalue weighted by molar-refractivity contribution is 6.01. The molecule has 0 saturated heterocycles. The Hall–Kier alpha value is -2.86. The molecular weight excluding hydrogens is 356 g/mol. The first-order chi connectivity index (χ1) is 13.6. The van der Waals surface area contributed by atoms with Crippen LogP contribution in [0.1, 0.15) is 40.7 Å². The fraction of sp³-hybridized carbons (Fsp3) is 0.364. The van der Waals surface area contributed by atoms with Crippen molar-refractivity contribution in [3.8, 4) is 5.75 Å². The number of aromatic nitrogens is 1. The SMILES string of the molecule is CCOCCCNC(=O)c1cc2ccccc2cc1OCc1c(C)noc1C. The van der Waals surface area contributed by atoms with Crippen molar-refractivity contribution in [2.75, 3.05) is 19.8 Å². The van der Waals surface area contributed by atoms with E-state index < -0.39 is 0 Å². The van der Waals surface area contributed by atoms with Crippen LogP contribution in [0.25, 0.3) is 10.8 Å². The van der Waals surface area contributed by atoms with Crippen molar-refractivity contribution in [2.45, 2.75) is 33.8 Å². The Balaban J connectivity index is 1.80. The molecule has 1 aromatic heterocycles. The summed E-state index contributed by atoms with van der Waals surface area (Å²) in [6.07, 6.45) is 0.766. The lowest BCUT2D eigenvalue weighted by Gasteiger charge is -2.13. The van der Waals surface area contributed by atoms with Crippen LogP contribution >= 0.6 is 0 Å². The van der Waals surface area contributed by atoms with Crippen molar-refractivity contribution in [1.82, 2.24) is 10.5 Å². The number of hydrogen-bond donors (Lipinski definition) is 1. The number of hydrogen-bond acceptors (Lipinski definition) is 5. The van der Waals surface area contributed by atoms with Gasteiger partial charge in [0.2, 0.25) is 0 Å². The summed E-state index contributed by atoms with van der Waals surface area (Å²) in [6.45, 7) is 7.84. The molecule has 6 nitrogen and oxygen atoms in total. The van der Waals surface area contributed by atoms with Gasteiger partial charge in [0.1, 0.15) is 18.1 Å². The van der Waals surface area contributed by atoms with Gasteiger partial charge in [-0.1, -0.05) is 29.4 Å². The number of carbonyl (C=O) groups is 1. The first-order valence-corrected chi connectivity index (χ1v) is 9.53. The lowest BCUT2D eigenvalue weighted by Crippen LogP contribution is -2.26. The van der Waals surface area contributed by atoms with E-state index in [2.05, 4.69) is 10.5 Å². The Morgan fingerprint density at radius 3 is 2.61 bits per heavy atom. The lowest BCUT2D eigenvalue weighted by molar-refractivity contribution is 0.0940. The van der Waals surface area contributed by atoms with Crippen LogP contribution in [-0.2, 0) is 11.3 Å². The third-order valence-electron chi connectivity index (χ3n) is 4.60.